The number of rotatable bonds is 7. The van der Waals surface area contributed by atoms with Gasteiger partial charge in [0.2, 0.25) is 0 Å². The summed E-state index contributed by atoms with van der Waals surface area (Å²) in [6.45, 7) is 7.54. The predicted octanol–water partition coefficient (Wildman–Crippen LogP) is 2.26. The Morgan fingerprint density at radius 2 is 1.73 bits per heavy atom. The summed E-state index contributed by atoms with van der Waals surface area (Å²) in [5.41, 5.74) is 0. The molecular weight excluding hydrogens is 227 g/mol. The van der Waals surface area contributed by atoms with Gasteiger partial charge in [-0.3, -0.25) is 0 Å². The van der Waals surface area contributed by atoms with Crippen LogP contribution in [0.5, 0.6) is 0 Å². The first-order valence-corrected chi connectivity index (χ1v) is 8.71. The molecule has 0 saturated heterocycles. The number of hydrogen-bond donors (Lipinski definition) is 2. The van der Waals surface area contributed by atoms with E-state index in [1.165, 1.54) is 6.42 Å². The molecule has 0 aliphatic rings. The lowest BCUT2D eigenvalue weighted by atomic mass is 10.3. The topological polar surface area (TPSA) is 41.1 Å². The standard InChI is InChI=1S/C10H23N2OPS/c1-4-5-7-11-10(15)12-8-6-9-14(2,3)13/h4-9H2,1-3H3,(H2,11,12,15). The average molecular weight is 250 g/mol. The molecule has 0 radical (unpaired) electrons. The predicted molar refractivity (Wildman–Crippen MR) is 72.4 cm³/mol. The molecule has 0 aromatic heterocycles. The molecule has 0 rings (SSSR count). The van der Waals surface area contributed by atoms with Gasteiger partial charge in [-0.05, 0) is 38.4 Å². The second-order valence-corrected chi connectivity index (χ2v) is 8.19. The van der Waals surface area contributed by atoms with Crippen molar-refractivity contribution in [1.29, 1.82) is 0 Å². The van der Waals surface area contributed by atoms with Crippen molar-refractivity contribution in [2.45, 2.75) is 26.2 Å². The monoisotopic (exact) mass is 250 g/mol. The normalized spacial score (nSPS) is 11.1. The molecule has 0 aromatic carbocycles. The number of unbranched alkanes of at least 4 members (excludes halogenated alkanes) is 1. The lowest BCUT2D eigenvalue weighted by Crippen LogP contribution is -2.36. The fourth-order valence-electron chi connectivity index (χ4n) is 1.10. The molecule has 0 bridgehead atoms. The molecule has 0 unspecified atom stereocenters. The Bertz CT molecular complexity index is 227. The van der Waals surface area contributed by atoms with E-state index < -0.39 is 7.14 Å². The third-order valence-electron chi connectivity index (χ3n) is 1.97. The second kappa shape index (κ2) is 8.12. The van der Waals surface area contributed by atoms with Crippen molar-refractivity contribution in [2.24, 2.45) is 0 Å². The Hall–Kier alpha value is -0.0800. The molecule has 0 aliphatic heterocycles. The van der Waals surface area contributed by atoms with Crippen LogP contribution in [0.3, 0.4) is 0 Å². The molecule has 90 valence electrons. The molecule has 0 saturated carbocycles. The lowest BCUT2D eigenvalue weighted by Gasteiger charge is -2.10. The van der Waals surface area contributed by atoms with Crippen LogP contribution >= 0.6 is 19.4 Å². The number of nitrogens with one attached hydrogen (secondary N) is 2. The van der Waals surface area contributed by atoms with Crippen molar-refractivity contribution in [1.82, 2.24) is 10.6 Å². The summed E-state index contributed by atoms with van der Waals surface area (Å²) >= 11 is 5.08. The Morgan fingerprint density at radius 3 is 2.20 bits per heavy atom. The van der Waals surface area contributed by atoms with Gasteiger partial charge >= 0.3 is 0 Å². The molecular formula is C10H23N2OPS. The highest BCUT2D eigenvalue weighted by atomic mass is 32.1. The minimum Gasteiger partial charge on any atom is -0.363 e. The van der Waals surface area contributed by atoms with E-state index in [9.17, 15) is 4.57 Å². The van der Waals surface area contributed by atoms with Crippen molar-refractivity contribution in [2.75, 3.05) is 32.6 Å². The summed E-state index contributed by atoms with van der Waals surface area (Å²) < 4.78 is 11.4. The molecule has 0 aliphatic carbocycles. The summed E-state index contributed by atoms with van der Waals surface area (Å²) in [5.74, 6) is 0. The van der Waals surface area contributed by atoms with Crippen LogP contribution in [-0.4, -0.2) is 37.7 Å². The molecule has 0 spiro atoms. The van der Waals surface area contributed by atoms with Gasteiger partial charge in [-0.15, -0.1) is 0 Å². The Morgan fingerprint density at radius 1 is 1.20 bits per heavy atom. The quantitative estimate of drug-likeness (QED) is 0.413. The van der Waals surface area contributed by atoms with Gasteiger partial charge in [0.15, 0.2) is 5.11 Å². The van der Waals surface area contributed by atoms with E-state index in [0.29, 0.717) is 5.11 Å². The van der Waals surface area contributed by atoms with Gasteiger partial charge in [-0.1, -0.05) is 13.3 Å². The fraction of sp³-hybridized carbons (Fsp3) is 0.900. The SMILES string of the molecule is CCCCNC(=S)NCCCP(C)(C)=O. The minimum absolute atomic E-state index is 0.713. The maximum atomic E-state index is 11.4. The summed E-state index contributed by atoms with van der Waals surface area (Å²) in [4.78, 5) is 0. The first-order valence-electron chi connectivity index (χ1n) is 5.51. The van der Waals surface area contributed by atoms with Gasteiger partial charge < -0.3 is 15.2 Å². The molecule has 0 atom stereocenters. The van der Waals surface area contributed by atoms with Crippen LogP contribution in [-0.2, 0) is 4.57 Å². The number of thiocarbonyl (C=S) groups is 1. The van der Waals surface area contributed by atoms with Crippen LogP contribution in [0, 0.1) is 0 Å². The van der Waals surface area contributed by atoms with Crippen molar-refractivity contribution >= 4 is 24.5 Å². The highest BCUT2D eigenvalue weighted by molar-refractivity contribution is 7.80. The Balaban J connectivity index is 3.35. The second-order valence-electron chi connectivity index (χ2n) is 4.19. The van der Waals surface area contributed by atoms with Gasteiger partial charge in [0, 0.05) is 19.3 Å². The van der Waals surface area contributed by atoms with Crippen molar-refractivity contribution < 1.29 is 4.57 Å². The third-order valence-corrected chi connectivity index (χ3v) is 3.66. The molecule has 0 fully saturated rings. The highest BCUT2D eigenvalue weighted by Crippen LogP contribution is 2.35. The van der Waals surface area contributed by atoms with Gasteiger partial charge in [-0.25, -0.2) is 0 Å². The van der Waals surface area contributed by atoms with Crippen molar-refractivity contribution in [3.63, 3.8) is 0 Å². The van der Waals surface area contributed by atoms with E-state index in [1.54, 1.807) is 0 Å². The zero-order chi connectivity index (χ0) is 11.7. The van der Waals surface area contributed by atoms with Gasteiger partial charge in [0.05, 0.1) is 7.14 Å². The van der Waals surface area contributed by atoms with Crippen LogP contribution in [0.1, 0.15) is 26.2 Å². The summed E-state index contributed by atoms with van der Waals surface area (Å²) in [6.07, 6.45) is 4.02. The van der Waals surface area contributed by atoms with Gasteiger partial charge in [0.1, 0.15) is 0 Å². The van der Waals surface area contributed by atoms with E-state index in [2.05, 4.69) is 17.6 Å². The zero-order valence-electron chi connectivity index (χ0n) is 10.0. The van der Waals surface area contributed by atoms with Crippen LogP contribution in [0.25, 0.3) is 0 Å². The van der Waals surface area contributed by atoms with Crippen LogP contribution in [0.4, 0.5) is 0 Å². The van der Waals surface area contributed by atoms with E-state index >= 15 is 0 Å². The molecule has 0 heterocycles. The lowest BCUT2D eigenvalue weighted by molar-refractivity contribution is 0.580. The molecule has 15 heavy (non-hydrogen) atoms. The zero-order valence-corrected chi connectivity index (χ0v) is 11.7. The summed E-state index contributed by atoms with van der Waals surface area (Å²) in [5, 5.41) is 6.96. The first-order chi connectivity index (χ1) is 6.95. The minimum atomic E-state index is -1.86. The average Bonchev–Trinajstić information content (AvgIpc) is 2.11. The maximum absolute atomic E-state index is 11.4. The fourth-order valence-corrected chi connectivity index (χ4v) is 2.23. The van der Waals surface area contributed by atoms with Crippen LogP contribution in [0.2, 0.25) is 0 Å². The van der Waals surface area contributed by atoms with E-state index in [0.717, 1.165) is 32.1 Å². The summed E-state index contributed by atoms with van der Waals surface area (Å²) in [6, 6.07) is 0. The molecule has 0 amide bonds. The Labute approximate surface area is 98.8 Å². The van der Waals surface area contributed by atoms with E-state index in [-0.39, 0.29) is 0 Å². The molecule has 5 heteroatoms. The van der Waals surface area contributed by atoms with Gasteiger partial charge in [-0.2, -0.15) is 0 Å². The molecule has 3 nitrogen and oxygen atoms in total. The van der Waals surface area contributed by atoms with Crippen molar-refractivity contribution in [3.05, 3.63) is 0 Å². The largest absolute Gasteiger partial charge is 0.363 e. The smallest absolute Gasteiger partial charge is 0.166 e. The molecule has 2 N–H and O–H groups in total. The maximum Gasteiger partial charge on any atom is 0.166 e. The highest BCUT2D eigenvalue weighted by Gasteiger charge is 2.05. The van der Waals surface area contributed by atoms with Gasteiger partial charge in [0.25, 0.3) is 0 Å². The van der Waals surface area contributed by atoms with Crippen molar-refractivity contribution in [3.8, 4) is 0 Å². The first kappa shape index (κ1) is 14.9. The van der Waals surface area contributed by atoms with E-state index in [1.807, 2.05) is 13.3 Å². The Kier molecular flexibility index (Phi) is 8.07. The molecule has 0 aromatic rings. The van der Waals surface area contributed by atoms with Crippen LogP contribution in [0.15, 0.2) is 0 Å². The third kappa shape index (κ3) is 11.8. The summed E-state index contributed by atoms with van der Waals surface area (Å²) in [7, 11) is -1.86. The van der Waals surface area contributed by atoms with Crippen LogP contribution < -0.4 is 10.6 Å². The number of hydrogen-bond acceptors (Lipinski definition) is 2. The van der Waals surface area contributed by atoms with E-state index in [4.69, 9.17) is 12.2 Å².